The summed E-state index contributed by atoms with van der Waals surface area (Å²) in [6, 6.07) is 8.48. The fourth-order valence-corrected chi connectivity index (χ4v) is 3.50. The van der Waals surface area contributed by atoms with Crippen LogP contribution in [-0.2, 0) is 12.8 Å². The number of aromatic nitrogens is 2. The number of nitrogens with one attached hydrogen (secondary N) is 1. The first kappa shape index (κ1) is 19.6. The van der Waals surface area contributed by atoms with E-state index in [0.29, 0.717) is 18.1 Å². The molecule has 0 aliphatic carbocycles. The van der Waals surface area contributed by atoms with Gasteiger partial charge >= 0.3 is 5.97 Å². The summed E-state index contributed by atoms with van der Waals surface area (Å²) in [7, 11) is 1.63. The van der Waals surface area contributed by atoms with Gasteiger partial charge in [-0.2, -0.15) is 0 Å². The molecule has 0 fully saturated rings. The van der Waals surface area contributed by atoms with Crippen LogP contribution in [0.2, 0.25) is 0 Å². The van der Waals surface area contributed by atoms with E-state index in [1.807, 2.05) is 17.5 Å². The number of hydrogen-bond donors (Lipinski definition) is 2. The number of anilines is 2. The van der Waals surface area contributed by atoms with E-state index in [9.17, 15) is 4.79 Å². The number of benzene rings is 1. The standard InChI is InChI=1S/C21H21N3O3S/c1-4-6-16-17(5-2)23-19(14-11-18(27-3)28-12-14)24-20(16)22-15-9-7-13(8-10-15)21(25)26/h4,7-12H,1,5-6H2,2-3H3,(H,25,26)(H,22,23,24). The van der Waals surface area contributed by atoms with Crippen LogP contribution in [-0.4, -0.2) is 28.2 Å². The highest BCUT2D eigenvalue weighted by atomic mass is 32.1. The molecule has 0 saturated heterocycles. The molecule has 7 heteroatoms. The highest BCUT2D eigenvalue weighted by Crippen LogP contribution is 2.31. The second-order valence-corrected chi connectivity index (χ2v) is 6.91. The molecule has 0 spiro atoms. The molecule has 0 aliphatic heterocycles. The third-order valence-electron chi connectivity index (χ3n) is 4.21. The molecule has 0 saturated carbocycles. The molecule has 6 nitrogen and oxygen atoms in total. The summed E-state index contributed by atoms with van der Waals surface area (Å²) in [4.78, 5) is 20.5. The second-order valence-electron chi connectivity index (χ2n) is 6.03. The van der Waals surface area contributed by atoms with Crippen molar-refractivity contribution in [2.24, 2.45) is 0 Å². The molecular formula is C21H21N3O3S. The van der Waals surface area contributed by atoms with E-state index in [2.05, 4.69) is 18.8 Å². The van der Waals surface area contributed by atoms with E-state index in [1.165, 1.54) is 11.3 Å². The number of methoxy groups -OCH3 is 1. The van der Waals surface area contributed by atoms with Gasteiger partial charge in [0.1, 0.15) is 5.82 Å². The number of ether oxygens (including phenoxy) is 1. The first-order chi connectivity index (χ1) is 13.5. The lowest BCUT2D eigenvalue weighted by molar-refractivity contribution is 0.0697. The minimum atomic E-state index is -0.956. The van der Waals surface area contributed by atoms with Gasteiger partial charge in [-0.15, -0.1) is 17.9 Å². The molecule has 2 heterocycles. The maximum absolute atomic E-state index is 11.1. The van der Waals surface area contributed by atoms with Crippen LogP contribution in [0.1, 0.15) is 28.5 Å². The first-order valence-corrected chi connectivity index (χ1v) is 9.67. The minimum Gasteiger partial charge on any atom is -0.487 e. The predicted octanol–water partition coefficient (Wildman–Crippen LogP) is 4.95. The maximum Gasteiger partial charge on any atom is 0.335 e. The van der Waals surface area contributed by atoms with Crippen LogP contribution in [0.25, 0.3) is 11.4 Å². The van der Waals surface area contributed by atoms with Crippen molar-refractivity contribution in [1.82, 2.24) is 9.97 Å². The van der Waals surface area contributed by atoms with E-state index in [0.717, 1.165) is 34.0 Å². The predicted molar refractivity (Wildman–Crippen MR) is 112 cm³/mol. The van der Waals surface area contributed by atoms with Gasteiger partial charge < -0.3 is 15.2 Å². The van der Waals surface area contributed by atoms with Crippen LogP contribution in [0.15, 0.2) is 48.4 Å². The lowest BCUT2D eigenvalue weighted by atomic mass is 10.1. The topological polar surface area (TPSA) is 84.3 Å². The Labute approximate surface area is 167 Å². The summed E-state index contributed by atoms with van der Waals surface area (Å²) in [5.74, 6) is 0.353. The van der Waals surface area contributed by atoms with Crippen molar-refractivity contribution in [3.63, 3.8) is 0 Å². The lowest BCUT2D eigenvalue weighted by Gasteiger charge is -2.15. The SMILES string of the molecule is C=CCc1c(CC)nc(-c2csc(OC)c2)nc1Nc1ccc(C(=O)O)cc1. The van der Waals surface area contributed by atoms with Gasteiger partial charge in [-0.25, -0.2) is 14.8 Å². The number of allylic oxidation sites excluding steroid dienone is 1. The van der Waals surface area contributed by atoms with E-state index >= 15 is 0 Å². The highest BCUT2D eigenvalue weighted by molar-refractivity contribution is 7.12. The van der Waals surface area contributed by atoms with Crippen LogP contribution >= 0.6 is 11.3 Å². The summed E-state index contributed by atoms with van der Waals surface area (Å²) >= 11 is 1.49. The van der Waals surface area contributed by atoms with Crippen molar-refractivity contribution in [2.75, 3.05) is 12.4 Å². The van der Waals surface area contributed by atoms with Gasteiger partial charge in [-0.1, -0.05) is 13.0 Å². The zero-order valence-electron chi connectivity index (χ0n) is 15.7. The molecule has 2 aromatic heterocycles. The highest BCUT2D eigenvalue weighted by Gasteiger charge is 2.15. The monoisotopic (exact) mass is 395 g/mol. The van der Waals surface area contributed by atoms with Crippen LogP contribution in [0.5, 0.6) is 5.06 Å². The molecule has 0 aliphatic rings. The first-order valence-electron chi connectivity index (χ1n) is 8.79. The largest absolute Gasteiger partial charge is 0.487 e. The average Bonchev–Trinajstić information content (AvgIpc) is 3.19. The van der Waals surface area contributed by atoms with E-state index in [4.69, 9.17) is 19.8 Å². The quantitative estimate of drug-likeness (QED) is 0.525. The van der Waals surface area contributed by atoms with Crippen molar-refractivity contribution >= 4 is 28.8 Å². The second kappa shape index (κ2) is 8.67. The molecule has 0 amide bonds. The maximum atomic E-state index is 11.1. The number of carbonyl (C=O) groups is 1. The molecule has 144 valence electrons. The van der Waals surface area contributed by atoms with Gasteiger partial charge in [-0.05, 0) is 37.1 Å². The number of aromatic carboxylic acids is 1. The van der Waals surface area contributed by atoms with E-state index in [-0.39, 0.29) is 5.56 Å². The average molecular weight is 395 g/mol. The molecule has 0 radical (unpaired) electrons. The minimum absolute atomic E-state index is 0.236. The Hall–Kier alpha value is -3.19. The number of aryl methyl sites for hydroxylation is 1. The Kier molecular flexibility index (Phi) is 6.06. The van der Waals surface area contributed by atoms with Gasteiger partial charge in [-0.3, -0.25) is 0 Å². The Morgan fingerprint density at radius 2 is 2.07 bits per heavy atom. The number of carboxylic acid groups (broad SMARTS) is 1. The number of rotatable bonds is 8. The Balaban J connectivity index is 2.04. The number of thiophene rings is 1. The Bertz CT molecular complexity index is 997. The van der Waals surface area contributed by atoms with E-state index in [1.54, 1.807) is 31.4 Å². The molecule has 3 aromatic rings. The van der Waals surface area contributed by atoms with Gasteiger partial charge in [0.2, 0.25) is 0 Å². The number of nitrogens with zero attached hydrogens (tertiary/aromatic N) is 2. The summed E-state index contributed by atoms with van der Waals surface area (Å²) in [5.41, 5.74) is 3.81. The summed E-state index contributed by atoms with van der Waals surface area (Å²) in [5, 5.41) is 15.1. The molecule has 0 bridgehead atoms. The van der Waals surface area contributed by atoms with Gasteiger partial charge in [0, 0.05) is 34.0 Å². The number of hydrogen-bond acceptors (Lipinski definition) is 6. The normalized spacial score (nSPS) is 10.5. The van der Waals surface area contributed by atoms with Crippen molar-refractivity contribution < 1.29 is 14.6 Å². The fraction of sp³-hybridized carbons (Fsp3) is 0.190. The number of carboxylic acids is 1. The Morgan fingerprint density at radius 1 is 1.32 bits per heavy atom. The van der Waals surface area contributed by atoms with E-state index < -0.39 is 5.97 Å². The molecule has 2 N–H and O–H groups in total. The summed E-state index contributed by atoms with van der Waals surface area (Å²) in [6.07, 6.45) is 3.21. The van der Waals surface area contributed by atoms with Gasteiger partial charge in [0.15, 0.2) is 10.9 Å². The summed E-state index contributed by atoms with van der Waals surface area (Å²) < 4.78 is 5.28. The van der Waals surface area contributed by atoms with Crippen LogP contribution < -0.4 is 10.1 Å². The molecule has 0 atom stereocenters. The van der Waals surface area contributed by atoms with Crippen LogP contribution in [0.4, 0.5) is 11.5 Å². The molecule has 28 heavy (non-hydrogen) atoms. The van der Waals surface area contributed by atoms with Crippen LogP contribution in [0.3, 0.4) is 0 Å². The molecule has 3 rings (SSSR count). The third-order valence-corrected chi connectivity index (χ3v) is 5.09. The Morgan fingerprint density at radius 3 is 2.64 bits per heavy atom. The van der Waals surface area contributed by atoms with Crippen molar-refractivity contribution in [3.8, 4) is 16.5 Å². The molecular weight excluding hydrogens is 374 g/mol. The third kappa shape index (κ3) is 4.20. The zero-order valence-corrected chi connectivity index (χ0v) is 16.5. The summed E-state index contributed by atoms with van der Waals surface area (Å²) in [6.45, 7) is 5.90. The molecule has 0 unspecified atom stereocenters. The fourth-order valence-electron chi connectivity index (χ4n) is 2.79. The van der Waals surface area contributed by atoms with Gasteiger partial charge in [0.25, 0.3) is 0 Å². The lowest BCUT2D eigenvalue weighted by Crippen LogP contribution is -2.07. The van der Waals surface area contributed by atoms with Crippen molar-refractivity contribution in [3.05, 3.63) is 65.2 Å². The molecule has 1 aromatic carbocycles. The smallest absolute Gasteiger partial charge is 0.335 e. The zero-order chi connectivity index (χ0) is 20.1. The van der Waals surface area contributed by atoms with Crippen molar-refractivity contribution in [1.29, 1.82) is 0 Å². The van der Waals surface area contributed by atoms with Gasteiger partial charge in [0.05, 0.1) is 12.7 Å². The van der Waals surface area contributed by atoms with Crippen LogP contribution in [0, 0.1) is 0 Å². The van der Waals surface area contributed by atoms with Crippen molar-refractivity contribution in [2.45, 2.75) is 19.8 Å².